The summed E-state index contributed by atoms with van der Waals surface area (Å²) in [4.78, 5) is 10.6. The number of ether oxygens (including phenoxy) is 1. The molecule has 0 bridgehead atoms. The number of hydrogen-bond acceptors (Lipinski definition) is 4. The van der Waals surface area contributed by atoms with E-state index in [9.17, 15) is 15.2 Å². The summed E-state index contributed by atoms with van der Waals surface area (Å²) in [5, 5.41) is 21.3. The Morgan fingerprint density at radius 2 is 2.00 bits per heavy atom. The Labute approximate surface area is 119 Å². The lowest BCUT2D eigenvalue weighted by atomic mass is 9.84. The van der Waals surface area contributed by atoms with Crippen molar-refractivity contribution in [1.82, 2.24) is 0 Å². The van der Waals surface area contributed by atoms with E-state index in [-0.39, 0.29) is 11.3 Å². The average molecular weight is 365 g/mol. The highest BCUT2D eigenvalue weighted by Gasteiger charge is 2.31. The lowest BCUT2D eigenvalue weighted by Crippen LogP contribution is -2.19. The van der Waals surface area contributed by atoms with Crippen molar-refractivity contribution in [3.63, 3.8) is 0 Å². The zero-order chi connectivity index (χ0) is 14.1. The van der Waals surface area contributed by atoms with Crippen molar-refractivity contribution in [2.24, 2.45) is 5.41 Å². The van der Waals surface area contributed by atoms with Crippen molar-refractivity contribution < 1.29 is 14.8 Å². The van der Waals surface area contributed by atoms with Crippen LogP contribution in [0.5, 0.6) is 5.75 Å². The summed E-state index contributed by atoms with van der Waals surface area (Å²) < 4.78 is 5.79. The zero-order valence-electron chi connectivity index (χ0n) is 10.7. The first-order valence-corrected chi connectivity index (χ1v) is 6.46. The van der Waals surface area contributed by atoms with Crippen LogP contribution in [0.4, 0.5) is 5.69 Å². The number of nitro benzene ring substituents is 1. The van der Waals surface area contributed by atoms with Crippen molar-refractivity contribution in [3.05, 3.63) is 31.4 Å². The Morgan fingerprint density at radius 1 is 1.44 bits per heavy atom. The topological polar surface area (TPSA) is 72.6 Å². The highest BCUT2D eigenvalue weighted by Crippen LogP contribution is 2.40. The smallest absolute Gasteiger partial charge is 0.276 e. The van der Waals surface area contributed by atoms with Crippen molar-refractivity contribution in [2.45, 2.75) is 26.9 Å². The number of hydrogen-bond donors (Lipinski definition) is 1. The molecular weight excluding hydrogens is 349 g/mol. The standard InChI is InChI=1S/C12H16INO4/c1-12(2,3)11(15)7-5-10(18-4)8(13)6-9(7)14(16)17/h5-6,11,15H,1-4H3. The van der Waals surface area contributed by atoms with Crippen molar-refractivity contribution in [1.29, 1.82) is 0 Å². The van der Waals surface area contributed by atoms with Gasteiger partial charge in [-0.05, 0) is 34.1 Å². The third kappa shape index (κ3) is 3.11. The number of methoxy groups -OCH3 is 1. The average Bonchev–Trinajstić information content (AvgIpc) is 2.26. The molecule has 5 nitrogen and oxygen atoms in total. The van der Waals surface area contributed by atoms with Crippen LogP contribution in [-0.4, -0.2) is 17.1 Å². The Hall–Kier alpha value is -0.890. The van der Waals surface area contributed by atoms with E-state index < -0.39 is 16.4 Å². The molecule has 0 aliphatic heterocycles. The monoisotopic (exact) mass is 365 g/mol. The highest BCUT2D eigenvalue weighted by atomic mass is 127. The second-order valence-corrected chi connectivity index (χ2v) is 6.23. The Bertz CT molecular complexity index is 468. The van der Waals surface area contributed by atoms with Crippen molar-refractivity contribution in [2.75, 3.05) is 7.11 Å². The van der Waals surface area contributed by atoms with Crippen LogP contribution in [0, 0.1) is 19.1 Å². The van der Waals surface area contributed by atoms with Crippen LogP contribution in [-0.2, 0) is 0 Å². The van der Waals surface area contributed by atoms with Gasteiger partial charge in [0.25, 0.3) is 5.69 Å². The summed E-state index contributed by atoms with van der Waals surface area (Å²) >= 11 is 1.97. The molecule has 0 saturated carbocycles. The van der Waals surface area contributed by atoms with Gasteiger partial charge in [0.2, 0.25) is 0 Å². The molecule has 0 spiro atoms. The van der Waals surface area contributed by atoms with E-state index >= 15 is 0 Å². The van der Waals surface area contributed by atoms with Gasteiger partial charge in [-0.3, -0.25) is 10.1 Å². The maximum Gasteiger partial charge on any atom is 0.276 e. The maximum absolute atomic E-state index is 11.1. The molecule has 1 atom stereocenters. The molecule has 1 N–H and O–H groups in total. The van der Waals surface area contributed by atoms with Gasteiger partial charge in [-0.15, -0.1) is 0 Å². The number of aliphatic hydroxyl groups excluding tert-OH is 1. The summed E-state index contributed by atoms with van der Waals surface area (Å²) in [6.45, 7) is 5.48. The third-order valence-corrected chi connectivity index (χ3v) is 3.46. The molecule has 6 heteroatoms. The fourth-order valence-electron chi connectivity index (χ4n) is 1.56. The lowest BCUT2D eigenvalue weighted by molar-refractivity contribution is -0.386. The van der Waals surface area contributed by atoms with E-state index in [4.69, 9.17) is 4.74 Å². The molecular formula is C12H16INO4. The number of aliphatic hydroxyl groups is 1. The predicted octanol–water partition coefficient (Wildman–Crippen LogP) is 3.29. The van der Waals surface area contributed by atoms with Crippen LogP contribution in [0.25, 0.3) is 0 Å². The van der Waals surface area contributed by atoms with Gasteiger partial charge in [-0.25, -0.2) is 0 Å². The zero-order valence-corrected chi connectivity index (χ0v) is 12.9. The largest absolute Gasteiger partial charge is 0.496 e. The number of halogens is 1. The van der Waals surface area contributed by atoms with E-state index in [0.717, 1.165) is 0 Å². The van der Waals surface area contributed by atoms with Crippen molar-refractivity contribution >= 4 is 28.3 Å². The molecule has 0 aliphatic carbocycles. The first-order valence-electron chi connectivity index (χ1n) is 5.38. The summed E-state index contributed by atoms with van der Waals surface area (Å²) in [5.41, 5.74) is -0.282. The molecule has 1 aromatic rings. The van der Waals surface area contributed by atoms with Gasteiger partial charge in [0.1, 0.15) is 5.75 Å². The van der Waals surface area contributed by atoms with Crippen molar-refractivity contribution in [3.8, 4) is 5.75 Å². The van der Waals surface area contributed by atoms with Crippen LogP contribution < -0.4 is 4.74 Å². The fourth-order valence-corrected chi connectivity index (χ4v) is 2.23. The van der Waals surface area contributed by atoms with Gasteiger partial charge in [-0.1, -0.05) is 20.8 Å². The van der Waals surface area contributed by atoms with Gasteiger partial charge in [0.15, 0.2) is 0 Å². The highest BCUT2D eigenvalue weighted by molar-refractivity contribution is 14.1. The SMILES string of the molecule is COc1cc(C(O)C(C)(C)C)c([N+](=O)[O-])cc1I. The first kappa shape index (κ1) is 15.2. The number of benzene rings is 1. The number of rotatable bonds is 3. The second kappa shape index (κ2) is 5.40. The third-order valence-electron chi connectivity index (χ3n) is 2.61. The van der Waals surface area contributed by atoms with Gasteiger partial charge in [0, 0.05) is 6.07 Å². The van der Waals surface area contributed by atoms with Crippen LogP contribution in [0.3, 0.4) is 0 Å². The first-order chi connectivity index (χ1) is 8.18. The molecule has 0 saturated heterocycles. The van der Waals surface area contributed by atoms with Gasteiger partial charge < -0.3 is 9.84 Å². The summed E-state index contributed by atoms with van der Waals surface area (Å²) in [7, 11) is 1.50. The Balaban J connectivity index is 3.44. The molecule has 18 heavy (non-hydrogen) atoms. The summed E-state index contributed by atoms with van der Waals surface area (Å²) in [6, 6.07) is 2.96. The maximum atomic E-state index is 11.1. The van der Waals surface area contributed by atoms with Gasteiger partial charge in [-0.2, -0.15) is 0 Å². The Morgan fingerprint density at radius 3 is 2.39 bits per heavy atom. The van der Waals surface area contributed by atoms with E-state index in [1.807, 2.05) is 43.4 Å². The molecule has 0 radical (unpaired) electrons. The van der Waals surface area contributed by atoms with Gasteiger partial charge >= 0.3 is 0 Å². The minimum absolute atomic E-state index is 0.0809. The van der Waals surface area contributed by atoms with E-state index in [1.165, 1.54) is 19.2 Å². The van der Waals surface area contributed by atoms with Crippen LogP contribution in [0.1, 0.15) is 32.4 Å². The quantitative estimate of drug-likeness (QED) is 0.507. The molecule has 100 valence electrons. The molecule has 0 amide bonds. The molecule has 0 aromatic heterocycles. The van der Waals surface area contributed by atoms with E-state index in [2.05, 4.69) is 0 Å². The number of nitro groups is 1. The summed E-state index contributed by atoms with van der Waals surface area (Å²) in [5.74, 6) is 0.527. The minimum atomic E-state index is -0.927. The predicted molar refractivity (Wildman–Crippen MR) is 76.8 cm³/mol. The van der Waals surface area contributed by atoms with Gasteiger partial charge in [0.05, 0.1) is 27.3 Å². The molecule has 1 unspecified atom stereocenters. The second-order valence-electron chi connectivity index (χ2n) is 5.07. The lowest BCUT2D eigenvalue weighted by Gasteiger charge is -2.26. The Kier molecular flexibility index (Phi) is 4.55. The minimum Gasteiger partial charge on any atom is -0.496 e. The van der Waals surface area contributed by atoms with E-state index in [0.29, 0.717) is 9.32 Å². The molecule has 0 heterocycles. The van der Waals surface area contributed by atoms with E-state index in [1.54, 1.807) is 0 Å². The molecule has 1 aromatic carbocycles. The summed E-state index contributed by atoms with van der Waals surface area (Å²) in [6.07, 6.45) is -0.927. The molecule has 0 aliphatic rings. The van der Waals surface area contributed by atoms with Crippen LogP contribution >= 0.6 is 22.6 Å². The number of nitrogens with zero attached hydrogens (tertiary/aromatic N) is 1. The normalized spacial score (nSPS) is 13.2. The van der Waals surface area contributed by atoms with Crippen LogP contribution in [0.15, 0.2) is 12.1 Å². The fraction of sp³-hybridized carbons (Fsp3) is 0.500. The van der Waals surface area contributed by atoms with Crippen LogP contribution in [0.2, 0.25) is 0 Å². The molecule has 0 fully saturated rings. The molecule has 1 rings (SSSR count).